The number of imidazole rings is 1. The van der Waals surface area contributed by atoms with Gasteiger partial charge in [-0.25, -0.2) is 4.98 Å². The molecule has 0 aliphatic heterocycles. The minimum atomic E-state index is 0.00996. The highest BCUT2D eigenvalue weighted by atomic mass is 16.1. The van der Waals surface area contributed by atoms with Gasteiger partial charge in [0, 0.05) is 14.0 Å². The van der Waals surface area contributed by atoms with E-state index in [0.717, 1.165) is 17.5 Å². The molecule has 0 saturated carbocycles. The number of benzene rings is 1. The third-order valence-corrected chi connectivity index (χ3v) is 2.69. The Morgan fingerprint density at radius 2 is 2.20 bits per heavy atom. The van der Waals surface area contributed by atoms with Crippen LogP contribution in [-0.2, 0) is 13.5 Å². The summed E-state index contributed by atoms with van der Waals surface area (Å²) in [4.78, 5) is 15.7. The number of carbonyl (C=O) groups is 1. The molecule has 2 aromatic rings. The van der Waals surface area contributed by atoms with Crippen LogP contribution < -0.4 is 0 Å². The standard InChI is InChI=1S/C12H14N2O/c1-4-9-6-5-7-10-11(9)13-12(8(2)15)14(10)3/h5-7H,4H2,1-3H3. The molecule has 0 spiro atoms. The molecule has 0 aliphatic rings. The summed E-state index contributed by atoms with van der Waals surface area (Å²) in [5.74, 6) is 0.543. The van der Waals surface area contributed by atoms with Crippen LogP contribution in [0.1, 0.15) is 30.0 Å². The van der Waals surface area contributed by atoms with Gasteiger partial charge in [-0.3, -0.25) is 4.79 Å². The Morgan fingerprint density at radius 3 is 2.80 bits per heavy atom. The SMILES string of the molecule is CCc1cccc2c1nc(C(C)=O)n2C. The lowest BCUT2D eigenvalue weighted by Crippen LogP contribution is -2.02. The Hall–Kier alpha value is -1.64. The van der Waals surface area contributed by atoms with Crippen molar-refractivity contribution >= 4 is 16.8 Å². The number of fused-ring (bicyclic) bond motifs is 1. The second kappa shape index (κ2) is 3.50. The van der Waals surface area contributed by atoms with E-state index >= 15 is 0 Å². The molecule has 0 bridgehead atoms. The molecule has 2 rings (SSSR count). The Balaban J connectivity index is 2.81. The van der Waals surface area contributed by atoms with Crippen molar-refractivity contribution in [1.82, 2.24) is 9.55 Å². The van der Waals surface area contributed by atoms with E-state index in [0.29, 0.717) is 5.82 Å². The molecule has 0 saturated heterocycles. The van der Waals surface area contributed by atoms with E-state index in [-0.39, 0.29) is 5.78 Å². The van der Waals surface area contributed by atoms with E-state index in [1.54, 1.807) is 6.92 Å². The summed E-state index contributed by atoms with van der Waals surface area (Å²) in [7, 11) is 1.88. The number of Topliss-reactive ketones (excluding diaryl/α,β-unsaturated/α-hetero) is 1. The molecule has 3 nitrogen and oxygen atoms in total. The number of carbonyl (C=O) groups excluding carboxylic acids is 1. The molecule has 0 atom stereocenters. The molecule has 0 aliphatic carbocycles. The molecule has 0 unspecified atom stereocenters. The van der Waals surface area contributed by atoms with E-state index in [4.69, 9.17) is 0 Å². The van der Waals surface area contributed by atoms with Gasteiger partial charge in [0.25, 0.3) is 0 Å². The monoisotopic (exact) mass is 202 g/mol. The molecular weight excluding hydrogens is 188 g/mol. The van der Waals surface area contributed by atoms with Crippen LogP contribution in [0.3, 0.4) is 0 Å². The fourth-order valence-corrected chi connectivity index (χ4v) is 1.87. The van der Waals surface area contributed by atoms with Gasteiger partial charge in [-0.1, -0.05) is 19.1 Å². The van der Waals surface area contributed by atoms with Crippen LogP contribution in [0, 0.1) is 0 Å². The van der Waals surface area contributed by atoms with Crippen molar-refractivity contribution < 1.29 is 4.79 Å². The van der Waals surface area contributed by atoms with Gasteiger partial charge in [0.05, 0.1) is 11.0 Å². The highest BCUT2D eigenvalue weighted by Gasteiger charge is 2.12. The molecule has 1 heterocycles. The van der Waals surface area contributed by atoms with Crippen molar-refractivity contribution in [3.8, 4) is 0 Å². The number of ketones is 1. The Kier molecular flexibility index (Phi) is 2.31. The molecule has 0 amide bonds. The molecule has 1 aromatic carbocycles. The highest BCUT2D eigenvalue weighted by molar-refractivity contribution is 5.95. The van der Waals surface area contributed by atoms with Crippen LogP contribution >= 0.6 is 0 Å². The highest BCUT2D eigenvalue weighted by Crippen LogP contribution is 2.19. The minimum Gasteiger partial charge on any atom is -0.325 e. The van der Waals surface area contributed by atoms with Crippen molar-refractivity contribution in [2.75, 3.05) is 0 Å². The van der Waals surface area contributed by atoms with Gasteiger partial charge in [0.1, 0.15) is 0 Å². The van der Waals surface area contributed by atoms with E-state index < -0.39 is 0 Å². The number of aromatic nitrogens is 2. The van der Waals surface area contributed by atoms with E-state index in [2.05, 4.69) is 18.0 Å². The zero-order valence-corrected chi connectivity index (χ0v) is 9.24. The third-order valence-electron chi connectivity index (χ3n) is 2.69. The summed E-state index contributed by atoms with van der Waals surface area (Å²) in [6.07, 6.45) is 0.936. The van der Waals surface area contributed by atoms with Gasteiger partial charge in [0.2, 0.25) is 0 Å². The van der Waals surface area contributed by atoms with Crippen molar-refractivity contribution in [2.45, 2.75) is 20.3 Å². The number of nitrogens with zero attached hydrogens (tertiary/aromatic N) is 2. The van der Waals surface area contributed by atoms with Crippen LogP contribution in [0.4, 0.5) is 0 Å². The van der Waals surface area contributed by atoms with Gasteiger partial charge in [-0.15, -0.1) is 0 Å². The molecule has 3 heteroatoms. The van der Waals surface area contributed by atoms with Gasteiger partial charge in [-0.05, 0) is 18.1 Å². The summed E-state index contributed by atoms with van der Waals surface area (Å²) in [5.41, 5.74) is 3.17. The topological polar surface area (TPSA) is 34.9 Å². The lowest BCUT2D eigenvalue weighted by molar-refractivity contribution is 0.100. The predicted octanol–water partition coefficient (Wildman–Crippen LogP) is 2.34. The van der Waals surface area contributed by atoms with Crippen molar-refractivity contribution in [2.24, 2.45) is 7.05 Å². The quantitative estimate of drug-likeness (QED) is 0.700. The zero-order valence-electron chi connectivity index (χ0n) is 9.24. The zero-order chi connectivity index (χ0) is 11.0. The van der Waals surface area contributed by atoms with E-state index in [1.807, 2.05) is 23.7 Å². The summed E-state index contributed by atoms with van der Waals surface area (Å²) < 4.78 is 1.86. The van der Waals surface area contributed by atoms with Crippen molar-refractivity contribution in [1.29, 1.82) is 0 Å². The average molecular weight is 202 g/mol. The van der Waals surface area contributed by atoms with Crippen LogP contribution in [0.25, 0.3) is 11.0 Å². The van der Waals surface area contributed by atoms with Crippen molar-refractivity contribution in [3.63, 3.8) is 0 Å². The molecule has 1 aromatic heterocycles. The first kappa shape index (κ1) is 9.90. The number of para-hydroxylation sites is 1. The normalized spacial score (nSPS) is 10.9. The summed E-state index contributed by atoms with van der Waals surface area (Å²) >= 11 is 0. The van der Waals surface area contributed by atoms with Crippen LogP contribution in [0.2, 0.25) is 0 Å². The molecule has 0 N–H and O–H groups in total. The molecule has 78 valence electrons. The molecular formula is C12H14N2O. The number of rotatable bonds is 2. The van der Waals surface area contributed by atoms with E-state index in [9.17, 15) is 4.79 Å². The number of hydrogen-bond donors (Lipinski definition) is 0. The van der Waals surface area contributed by atoms with E-state index in [1.165, 1.54) is 5.56 Å². The maximum absolute atomic E-state index is 11.4. The Labute approximate surface area is 88.7 Å². The van der Waals surface area contributed by atoms with Crippen LogP contribution in [0.5, 0.6) is 0 Å². The first-order valence-electron chi connectivity index (χ1n) is 5.10. The summed E-state index contributed by atoms with van der Waals surface area (Å²) in [6, 6.07) is 6.06. The molecule has 0 fully saturated rings. The number of hydrogen-bond acceptors (Lipinski definition) is 2. The Bertz CT molecular complexity index is 526. The van der Waals surface area contributed by atoms with Gasteiger partial charge >= 0.3 is 0 Å². The van der Waals surface area contributed by atoms with Crippen LogP contribution in [-0.4, -0.2) is 15.3 Å². The predicted molar refractivity (Wildman–Crippen MR) is 60.1 cm³/mol. The maximum atomic E-state index is 11.4. The summed E-state index contributed by atoms with van der Waals surface area (Å²) in [6.45, 7) is 3.64. The van der Waals surface area contributed by atoms with Crippen molar-refractivity contribution in [3.05, 3.63) is 29.6 Å². The van der Waals surface area contributed by atoms with Gasteiger partial charge < -0.3 is 4.57 Å². The second-order valence-electron chi connectivity index (χ2n) is 3.69. The summed E-state index contributed by atoms with van der Waals surface area (Å²) in [5, 5.41) is 0. The lowest BCUT2D eigenvalue weighted by atomic mass is 10.1. The average Bonchev–Trinajstić information content (AvgIpc) is 2.56. The largest absolute Gasteiger partial charge is 0.325 e. The van der Waals surface area contributed by atoms with Gasteiger partial charge in [0.15, 0.2) is 11.6 Å². The smallest absolute Gasteiger partial charge is 0.195 e. The van der Waals surface area contributed by atoms with Crippen LogP contribution in [0.15, 0.2) is 18.2 Å². The van der Waals surface area contributed by atoms with Gasteiger partial charge in [-0.2, -0.15) is 0 Å². The Morgan fingerprint density at radius 1 is 1.47 bits per heavy atom. The first-order valence-corrected chi connectivity index (χ1v) is 5.10. The fourth-order valence-electron chi connectivity index (χ4n) is 1.87. The minimum absolute atomic E-state index is 0.00996. The molecule has 0 radical (unpaired) electrons. The number of aryl methyl sites for hydroxylation is 2. The lowest BCUT2D eigenvalue weighted by Gasteiger charge is -1.99. The third kappa shape index (κ3) is 1.44. The molecule has 15 heavy (non-hydrogen) atoms. The second-order valence-corrected chi connectivity index (χ2v) is 3.69. The first-order chi connectivity index (χ1) is 7.15. The fraction of sp³-hybridized carbons (Fsp3) is 0.333. The maximum Gasteiger partial charge on any atom is 0.195 e.